The van der Waals surface area contributed by atoms with Gasteiger partial charge in [0.1, 0.15) is 5.82 Å². The van der Waals surface area contributed by atoms with Crippen molar-refractivity contribution in [3.63, 3.8) is 0 Å². The Morgan fingerprint density at radius 3 is 2.55 bits per heavy atom. The molecular weight excluding hydrogens is 268 g/mol. The zero-order valence-electron chi connectivity index (χ0n) is 11.7. The molecule has 0 saturated heterocycles. The van der Waals surface area contributed by atoms with Crippen molar-refractivity contribution in [2.45, 2.75) is 17.9 Å². The molecule has 3 nitrogen and oxygen atoms in total. The van der Waals surface area contributed by atoms with Crippen molar-refractivity contribution in [2.24, 2.45) is 0 Å². The molecule has 104 valence electrons. The number of anilines is 1. The molecule has 0 bridgehead atoms. The van der Waals surface area contributed by atoms with Gasteiger partial charge in [-0.2, -0.15) is 0 Å². The summed E-state index contributed by atoms with van der Waals surface area (Å²) in [6, 6.07) is 15.7. The van der Waals surface area contributed by atoms with E-state index in [1.54, 1.807) is 29.9 Å². The van der Waals surface area contributed by atoms with Gasteiger partial charge in [0.2, 0.25) is 5.91 Å². The van der Waals surface area contributed by atoms with Crippen LogP contribution >= 0.6 is 11.8 Å². The molecule has 0 spiro atoms. The lowest BCUT2D eigenvalue weighted by molar-refractivity contribution is -0.117. The lowest BCUT2D eigenvalue weighted by Gasteiger charge is -2.20. The molecule has 0 aliphatic rings. The van der Waals surface area contributed by atoms with Crippen LogP contribution in [0.15, 0.2) is 54.7 Å². The lowest BCUT2D eigenvalue weighted by atomic mass is 10.2. The summed E-state index contributed by atoms with van der Waals surface area (Å²) in [6.07, 6.45) is 1.70. The first-order chi connectivity index (χ1) is 9.68. The van der Waals surface area contributed by atoms with Crippen molar-refractivity contribution in [1.82, 2.24) is 4.98 Å². The Morgan fingerprint density at radius 2 is 1.90 bits per heavy atom. The molecular formula is C16H18N2OS. The quantitative estimate of drug-likeness (QED) is 0.845. The average molecular weight is 286 g/mol. The van der Waals surface area contributed by atoms with Crippen molar-refractivity contribution in [1.29, 1.82) is 0 Å². The fraction of sp³-hybridized carbons (Fsp3) is 0.250. The Balaban J connectivity index is 1.92. The van der Waals surface area contributed by atoms with Crippen LogP contribution in [0.3, 0.4) is 0 Å². The number of hydrogen-bond donors (Lipinski definition) is 0. The SMILES string of the molecule is C[C@@H](SCc1ccccc1)C(=O)N(C)c1ccccn1. The first-order valence-corrected chi connectivity index (χ1v) is 7.57. The van der Waals surface area contributed by atoms with Crippen molar-refractivity contribution < 1.29 is 4.79 Å². The van der Waals surface area contributed by atoms with Gasteiger partial charge in [-0.25, -0.2) is 4.98 Å². The van der Waals surface area contributed by atoms with E-state index in [1.165, 1.54) is 5.56 Å². The average Bonchev–Trinajstić information content (AvgIpc) is 2.53. The molecule has 0 N–H and O–H groups in total. The van der Waals surface area contributed by atoms with E-state index in [2.05, 4.69) is 17.1 Å². The predicted octanol–water partition coefficient (Wildman–Crippen LogP) is 3.37. The summed E-state index contributed by atoms with van der Waals surface area (Å²) in [5.74, 6) is 1.60. The third-order valence-electron chi connectivity index (χ3n) is 3.01. The molecule has 2 rings (SSSR count). The molecule has 1 atom stereocenters. The number of amides is 1. The van der Waals surface area contributed by atoms with Crippen LogP contribution in [-0.2, 0) is 10.5 Å². The zero-order chi connectivity index (χ0) is 14.4. The fourth-order valence-electron chi connectivity index (χ4n) is 1.80. The Kier molecular flexibility index (Phi) is 5.18. The van der Waals surface area contributed by atoms with Crippen LogP contribution in [0.1, 0.15) is 12.5 Å². The smallest absolute Gasteiger partial charge is 0.240 e. The van der Waals surface area contributed by atoms with E-state index in [4.69, 9.17) is 0 Å². The van der Waals surface area contributed by atoms with Crippen LogP contribution in [0.25, 0.3) is 0 Å². The van der Waals surface area contributed by atoms with Crippen molar-refractivity contribution in [2.75, 3.05) is 11.9 Å². The van der Waals surface area contributed by atoms with Crippen LogP contribution in [-0.4, -0.2) is 23.2 Å². The molecule has 0 fully saturated rings. The van der Waals surface area contributed by atoms with Crippen LogP contribution in [0.5, 0.6) is 0 Å². The Labute approximate surface area is 124 Å². The molecule has 0 saturated carbocycles. The number of pyridine rings is 1. The third-order valence-corrected chi connectivity index (χ3v) is 4.22. The Morgan fingerprint density at radius 1 is 1.20 bits per heavy atom. The maximum atomic E-state index is 12.3. The summed E-state index contributed by atoms with van der Waals surface area (Å²) in [7, 11) is 1.77. The predicted molar refractivity (Wildman–Crippen MR) is 84.8 cm³/mol. The molecule has 0 aliphatic carbocycles. The van der Waals surface area contributed by atoms with Gasteiger partial charge in [0.05, 0.1) is 5.25 Å². The van der Waals surface area contributed by atoms with E-state index in [0.29, 0.717) is 5.82 Å². The second kappa shape index (κ2) is 7.10. The van der Waals surface area contributed by atoms with E-state index in [-0.39, 0.29) is 11.2 Å². The Hall–Kier alpha value is -1.81. The standard InChI is InChI=1S/C16H18N2OS/c1-13(20-12-14-8-4-3-5-9-14)16(19)18(2)15-10-6-7-11-17-15/h3-11,13H,12H2,1-2H3/t13-/m1/s1. The van der Waals surface area contributed by atoms with Crippen molar-refractivity contribution in [3.8, 4) is 0 Å². The molecule has 20 heavy (non-hydrogen) atoms. The first-order valence-electron chi connectivity index (χ1n) is 6.52. The second-order valence-corrected chi connectivity index (χ2v) is 5.85. The highest BCUT2D eigenvalue weighted by atomic mass is 32.2. The number of nitrogens with zero attached hydrogens (tertiary/aromatic N) is 2. The monoisotopic (exact) mass is 286 g/mol. The minimum Gasteiger partial charge on any atom is -0.299 e. The maximum Gasteiger partial charge on any atom is 0.240 e. The van der Waals surface area contributed by atoms with Gasteiger partial charge in [-0.1, -0.05) is 36.4 Å². The summed E-state index contributed by atoms with van der Waals surface area (Å²) < 4.78 is 0. The highest BCUT2D eigenvalue weighted by Gasteiger charge is 2.19. The van der Waals surface area contributed by atoms with Crippen molar-refractivity contribution in [3.05, 3.63) is 60.3 Å². The van der Waals surface area contributed by atoms with Gasteiger partial charge in [0, 0.05) is 19.0 Å². The molecule has 1 aromatic carbocycles. The normalized spacial score (nSPS) is 11.9. The lowest BCUT2D eigenvalue weighted by Crippen LogP contribution is -2.33. The van der Waals surface area contributed by atoms with Gasteiger partial charge in [-0.3, -0.25) is 9.69 Å². The minimum atomic E-state index is -0.0952. The van der Waals surface area contributed by atoms with Crippen LogP contribution < -0.4 is 4.90 Å². The topological polar surface area (TPSA) is 33.2 Å². The number of carbonyl (C=O) groups is 1. The molecule has 2 aromatic rings. The number of hydrogen-bond acceptors (Lipinski definition) is 3. The van der Waals surface area contributed by atoms with Gasteiger partial charge in [0.15, 0.2) is 0 Å². The van der Waals surface area contributed by atoms with E-state index in [0.717, 1.165) is 5.75 Å². The number of benzene rings is 1. The zero-order valence-corrected chi connectivity index (χ0v) is 12.5. The Bertz CT molecular complexity index is 545. The third kappa shape index (κ3) is 3.84. The number of thioether (sulfide) groups is 1. The number of rotatable bonds is 5. The summed E-state index contributed by atoms with van der Waals surface area (Å²) in [4.78, 5) is 18.1. The summed E-state index contributed by atoms with van der Waals surface area (Å²) in [6.45, 7) is 1.94. The van der Waals surface area contributed by atoms with Crippen molar-refractivity contribution >= 4 is 23.5 Å². The molecule has 1 amide bonds. The molecule has 1 aromatic heterocycles. The number of aromatic nitrogens is 1. The van der Waals surface area contributed by atoms with Gasteiger partial charge in [-0.15, -0.1) is 11.8 Å². The van der Waals surface area contributed by atoms with Gasteiger partial charge < -0.3 is 0 Å². The summed E-state index contributed by atoms with van der Waals surface area (Å²) >= 11 is 1.64. The van der Waals surface area contributed by atoms with Crippen LogP contribution in [0.4, 0.5) is 5.82 Å². The maximum absolute atomic E-state index is 12.3. The van der Waals surface area contributed by atoms with Crippen LogP contribution in [0.2, 0.25) is 0 Å². The van der Waals surface area contributed by atoms with E-state index in [1.807, 2.05) is 43.3 Å². The highest BCUT2D eigenvalue weighted by molar-refractivity contribution is 7.99. The van der Waals surface area contributed by atoms with E-state index < -0.39 is 0 Å². The second-order valence-electron chi connectivity index (χ2n) is 4.52. The van der Waals surface area contributed by atoms with Crippen LogP contribution in [0, 0.1) is 0 Å². The largest absolute Gasteiger partial charge is 0.299 e. The van der Waals surface area contributed by atoms with Gasteiger partial charge in [0.25, 0.3) is 0 Å². The molecule has 1 heterocycles. The van der Waals surface area contributed by atoms with E-state index >= 15 is 0 Å². The molecule has 0 aliphatic heterocycles. The number of carbonyl (C=O) groups excluding carboxylic acids is 1. The van der Waals surface area contributed by atoms with Gasteiger partial charge >= 0.3 is 0 Å². The summed E-state index contributed by atoms with van der Waals surface area (Å²) in [5.41, 5.74) is 1.23. The summed E-state index contributed by atoms with van der Waals surface area (Å²) in [5, 5.41) is -0.0952. The van der Waals surface area contributed by atoms with Gasteiger partial charge in [-0.05, 0) is 24.6 Å². The fourth-order valence-corrected chi connectivity index (χ4v) is 2.74. The molecule has 0 unspecified atom stereocenters. The minimum absolute atomic E-state index is 0.0737. The first kappa shape index (κ1) is 14.6. The molecule has 4 heteroatoms. The molecule has 0 radical (unpaired) electrons. The van der Waals surface area contributed by atoms with E-state index in [9.17, 15) is 4.79 Å². The highest BCUT2D eigenvalue weighted by Crippen LogP contribution is 2.20.